The highest BCUT2D eigenvalue weighted by Gasteiger charge is 2.32. The molecule has 0 atom stereocenters. The Kier molecular flexibility index (Phi) is 4.61. The molecule has 0 amide bonds. The van der Waals surface area contributed by atoms with Crippen LogP contribution in [0.15, 0.2) is 30.3 Å². The molecule has 0 aliphatic rings. The average molecular weight is 356 g/mol. The molecule has 2 aromatic rings. The maximum absolute atomic E-state index is 12.9. The van der Waals surface area contributed by atoms with Gasteiger partial charge in [0.15, 0.2) is 0 Å². The second-order valence-corrected chi connectivity index (χ2v) is 5.36. The van der Waals surface area contributed by atoms with Crippen molar-refractivity contribution in [3.63, 3.8) is 0 Å². The molecule has 2 aromatic carbocycles. The standard InChI is InChI=1S/C14H8Cl3F3O/c1-21-9-5-7(4-8(6-9)14(18,19)20)12-10(15)2-3-11(16)13(12)17/h2-6H,1H3. The van der Waals surface area contributed by atoms with Crippen molar-refractivity contribution in [2.24, 2.45) is 0 Å². The third-order valence-electron chi connectivity index (χ3n) is 2.80. The van der Waals surface area contributed by atoms with Crippen molar-refractivity contribution in [2.45, 2.75) is 6.18 Å². The summed E-state index contributed by atoms with van der Waals surface area (Å²) in [5, 5.41) is 0.490. The maximum Gasteiger partial charge on any atom is 0.416 e. The predicted molar refractivity (Wildman–Crippen MR) is 78.5 cm³/mol. The molecule has 0 N–H and O–H groups in total. The lowest BCUT2D eigenvalue weighted by atomic mass is 10.0. The Morgan fingerprint density at radius 1 is 0.952 bits per heavy atom. The Balaban J connectivity index is 2.73. The monoisotopic (exact) mass is 354 g/mol. The van der Waals surface area contributed by atoms with Crippen LogP contribution in [0.4, 0.5) is 13.2 Å². The van der Waals surface area contributed by atoms with Gasteiger partial charge in [0, 0.05) is 10.6 Å². The highest BCUT2D eigenvalue weighted by molar-refractivity contribution is 6.46. The molecule has 0 aromatic heterocycles. The van der Waals surface area contributed by atoms with Gasteiger partial charge < -0.3 is 4.74 Å². The largest absolute Gasteiger partial charge is 0.497 e. The van der Waals surface area contributed by atoms with Crippen LogP contribution in [0.1, 0.15) is 5.56 Å². The van der Waals surface area contributed by atoms with Crippen LogP contribution in [0.25, 0.3) is 11.1 Å². The summed E-state index contributed by atoms with van der Waals surface area (Å²) in [6.07, 6.45) is -4.51. The van der Waals surface area contributed by atoms with Crippen molar-refractivity contribution in [1.29, 1.82) is 0 Å². The van der Waals surface area contributed by atoms with Gasteiger partial charge >= 0.3 is 6.18 Å². The van der Waals surface area contributed by atoms with Gasteiger partial charge in [0.25, 0.3) is 0 Å². The van der Waals surface area contributed by atoms with E-state index >= 15 is 0 Å². The van der Waals surface area contributed by atoms with E-state index in [2.05, 4.69) is 0 Å². The third-order valence-corrected chi connectivity index (χ3v) is 3.92. The molecular formula is C14H8Cl3F3O. The van der Waals surface area contributed by atoms with E-state index in [9.17, 15) is 13.2 Å². The third kappa shape index (κ3) is 3.39. The van der Waals surface area contributed by atoms with E-state index in [1.165, 1.54) is 25.3 Å². The van der Waals surface area contributed by atoms with Crippen LogP contribution in [0, 0.1) is 0 Å². The van der Waals surface area contributed by atoms with Crippen molar-refractivity contribution in [3.05, 3.63) is 51.0 Å². The fraction of sp³-hybridized carbons (Fsp3) is 0.143. The van der Waals surface area contributed by atoms with Gasteiger partial charge in [0.1, 0.15) is 5.75 Å². The second kappa shape index (κ2) is 5.95. The zero-order valence-electron chi connectivity index (χ0n) is 10.6. The van der Waals surface area contributed by atoms with Gasteiger partial charge in [0.05, 0.1) is 22.7 Å². The minimum absolute atomic E-state index is 0.0481. The highest BCUT2D eigenvalue weighted by Crippen LogP contribution is 2.42. The second-order valence-electron chi connectivity index (χ2n) is 4.17. The van der Waals surface area contributed by atoms with E-state index in [4.69, 9.17) is 39.5 Å². The molecule has 0 fully saturated rings. The SMILES string of the molecule is COc1cc(-c2c(Cl)ccc(Cl)c2Cl)cc(C(F)(F)F)c1. The van der Waals surface area contributed by atoms with Gasteiger partial charge in [-0.2, -0.15) is 13.2 Å². The van der Waals surface area contributed by atoms with Crippen molar-refractivity contribution < 1.29 is 17.9 Å². The molecular weight excluding hydrogens is 348 g/mol. The summed E-state index contributed by atoms with van der Waals surface area (Å²) in [6.45, 7) is 0. The Labute approximate surface area is 134 Å². The topological polar surface area (TPSA) is 9.23 Å². The maximum atomic E-state index is 12.9. The Morgan fingerprint density at radius 3 is 2.14 bits per heavy atom. The van der Waals surface area contributed by atoms with Crippen molar-refractivity contribution in [2.75, 3.05) is 7.11 Å². The van der Waals surface area contributed by atoms with E-state index in [1.54, 1.807) is 0 Å². The highest BCUT2D eigenvalue weighted by atomic mass is 35.5. The molecule has 0 aliphatic heterocycles. The molecule has 7 heteroatoms. The summed E-state index contributed by atoms with van der Waals surface area (Å²) in [5.41, 5.74) is -0.446. The van der Waals surface area contributed by atoms with Crippen molar-refractivity contribution >= 4 is 34.8 Å². The zero-order chi connectivity index (χ0) is 15.8. The number of rotatable bonds is 2. The van der Waals surface area contributed by atoms with E-state index in [1.807, 2.05) is 0 Å². The molecule has 0 aliphatic carbocycles. The van der Waals surface area contributed by atoms with Gasteiger partial charge in [-0.1, -0.05) is 34.8 Å². The number of alkyl halides is 3. The fourth-order valence-electron chi connectivity index (χ4n) is 1.82. The first-order valence-corrected chi connectivity index (χ1v) is 6.77. The zero-order valence-corrected chi connectivity index (χ0v) is 12.8. The molecule has 0 saturated carbocycles. The smallest absolute Gasteiger partial charge is 0.416 e. The molecule has 0 radical (unpaired) electrons. The summed E-state index contributed by atoms with van der Waals surface area (Å²) in [5.74, 6) is 0.0481. The Hall–Kier alpha value is -1.10. The number of methoxy groups -OCH3 is 1. The van der Waals surface area contributed by atoms with Crippen molar-refractivity contribution in [1.82, 2.24) is 0 Å². The van der Waals surface area contributed by atoms with Crippen LogP contribution in [-0.2, 0) is 6.18 Å². The average Bonchev–Trinajstić information content (AvgIpc) is 2.42. The number of benzene rings is 2. The quantitative estimate of drug-likeness (QED) is 0.571. The first-order chi connectivity index (χ1) is 9.74. The molecule has 112 valence electrons. The summed E-state index contributed by atoms with van der Waals surface area (Å²) in [6, 6.07) is 6.21. The lowest BCUT2D eigenvalue weighted by Gasteiger charge is -2.14. The van der Waals surface area contributed by atoms with Crippen LogP contribution in [0.2, 0.25) is 15.1 Å². The van der Waals surface area contributed by atoms with Gasteiger partial charge in [-0.3, -0.25) is 0 Å². The van der Waals surface area contributed by atoms with Crippen LogP contribution >= 0.6 is 34.8 Å². The number of ether oxygens (including phenoxy) is 1. The van der Waals surface area contributed by atoms with E-state index < -0.39 is 11.7 Å². The predicted octanol–water partition coefficient (Wildman–Crippen LogP) is 6.34. The van der Waals surface area contributed by atoms with Gasteiger partial charge in [0.2, 0.25) is 0 Å². The molecule has 1 nitrogen and oxygen atoms in total. The van der Waals surface area contributed by atoms with Crippen LogP contribution < -0.4 is 4.74 Å². The summed E-state index contributed by atoms with van der Waals surface area (Å²) < 4.78 is 43.7. The minimum atomic E-state index is -4.51. The molecule has 0 heterocycles. The fourth-order valence-corrected chi connectivity index (χ4v) is 2.56. The molecule has 0 bridgehead atoms. The molecule has 0 spiro atoms. The van der Waals surface area contributed by atoms with Crippen molar-refractivity contribution in [3.8, 4) is 16.9 Å². The van der Waals surface area contributed by atoms with Gasteiger partial charge in [-0.15, -0.1) is 0 Å². The first-order valence-electron chi connectivity index (χ1n) is 5.64. The minimum Gasteiger partial charge on any atom is -0.497 e. The van der Waals surface area contributed by atoms with Crippen LogP contribution in [0.3, 0.4) is 0 Å². The summed E-state index contributed by atoms with van der Waals surface area (Å²) in [4.78, 5) is 0. The first kappa shape index (κ1) is 16.3. The normalized spacial score (nSPS) is 11.6. The van der Waals surface area contributed by atoms with Gasteiger partial charge in [-0.25, -0.2) is 0 Å². The van der Waals surface area contributed by atoms with Gasteiger partial charge in [-0.05, 0) is 35.9 Å². The Bertz CT molecular complexity index is 684. The van der Waals surface area contributed by atoms with E-state index in [0.717, 1.165) is 12.1 Å². The van der Waals surface area contributed by atoms with E-state index in [-0.39, 0.29) is 31.9 Å². The summed E-state index contributed by atoms with van der Waals surface area (Å²) >= 11 is 18.0. The number of halogens is 6. The Morgan fingerprint density at radius 2 is 1.57 bits per heavy atom. The lowest BCUT2D eigenvalue weighted by Crippen LogP contribution is -2.05. The number of hydrogen-bond acceptors (Lipinski definition) is 1. The molecule has 0 unspecified atom stereocenters. The van der Waals surface area contributed by atoms with E-state index in [0.29, 0.717) is 0 Å². The summed E-state index contributed by atoms with van der Waals surface area (Å²) in [7, 11) is 1.28. The molecule has 21 heavy (non-hydrogen) atoms. The lowest BCUT2D eigenvalue weighted by molar-refractivity contribution is -0.137. The van der Waals surface area contributed by atoms with Crippen LogP contribution in [0.5, 0.6) is 5.75 Å². The molecule has 0 saturated heterocycles. The number of hydrogen-bond donors (Lipinski definition) is 0. The molecule has 2 rings (SSSR count). The van der Waals surface area contributed by atoms with Crippen LogP contribution in [-0.4, -0.2) is 7.11 Å².